The molecule has 1 aromatic rings. The molecule has 1 aromatic carbocycles. The summed E-state index contributed by atoms with van der Waals surface area (Å²) >= 11 is 6.01. The molecule has 1 saturated heterocycles. The molecule has 2 bridgehead atoms. The molecule has 2 aliphatic carbocycles. The van der Waals surface area contributed by atoms with Crippen molar-refractivity contribution in [2.24, 2.45) is 23.7 Å². The summed E-state index contributed by atoms with van der Waals surface area (Å²) in [5.74, 6) is 2.82. The van der Waals surface area contributed by atoms with E-state index in [1.54, 1.807) is 0 Å². The quantitative estimate of drug-likeness (QED) is 0.613. The molecule has 2 amide bonds. The topological polar surface area (TPSA) is 49.4 Å². The maximum atomic E-state index is 13.2. The predicted molar refractivity (Wildman–Crippen MR) is 127 cm³/mol. The Kier molecular flexibility index (Phi) is 8.07. The van der Waals surface area contributed by atoms with Crippen LogP contribution in [-0.2, 0) is 9.59 Å². The summed E-state index contributed by atoms with van der Waals surface area (Å²) in [5, 5.41) is 3.86. The number of fused-ring (bicyclic) bond motifs is 2. The minimum atomic E-state index is -0.414. The van der Waals surface area contributed by atoms with Crippen molar-refractivity contribution in [3.63, 3.8) is 0 Å². The van der Waals surface area contributed by atoms with E-state index in [0.29, 0.717) is 18.3 Å². The zero-order valence-electron chi connectivity index (χ0n) is 18.3. The van der Waals surface area contributed by atoms with Crippen LogP contribution in [0, 0.1) is 23.7 Å². The highest BCUT2D eigenvalue weighted by atomic mass is 35.5. The Balaban J connectivity index is 0.00000272. The largest absolute Gasteiger partial charge is 0.344 e. The number of nitrogens with zero attached hydrogens (tertiary/aromatic N) is 1. The third kappa shape index (κ3) is 5.63. The molecule has 2 saturated carbocycles. The molecule has 0 spiro atoms. The third-order valence-electron chi connectivity index (χ3n) is 7.73. The number of amides is 2. The second kappa shape index (κ2) is 10.4. The normalized spacial score (nSPS) is 26.6. The molecule has 3 aliphatic rings. The minimum Gasteiger partial charge on any atom is -0.344 e. The van der Waals surface area contributed by atoms with Gasteiger partial charge in [-0.05, 0) is 79.4 Å². The lowest BCUT2D eigenvalue weighted by Crippen LogP contribution is -2.53. The molecule has 4 nitrogen and oxygen atoms in total. The van der Waals surface area contributed by atoms with Gasteiger partial charge in [-0.15, -0.1) is 0 Å². The molecule has 1 N–H and O–H groups in total. The highest BCUT2D eigenvalue weighted by Crippen LogP contribution is 2.49. The highest BCUT2D eigenvalue weighted by molar-refractivity contribution is 6.30. The van der Waals surface area contributed by atoms with E-state index in [-0.39, 0.29) is 25.2 Å². The number of rotatable bonds is 6. The molecule has 4 atom stereocenters. The van der Waals surface area contributed by atoms with E-state index in [0.717, 1.165) is 42.8 Å². The smallest absolute Gasteiger partial charge is 0.245 e. The lowest BCUT2D eigenvalue weighted by Gasteiger charge is -2.36. The van der Waals surface area contributed by atoms with Gasteiger partial charge < -0.3 is 10.2 Å². The molecule has 31 heavy (non-hydrogen) atoms. The van der Waals surface area contributed by atoms with Crippen LogP contribution in [0.4, 0.5) is 0 Å². The average Bonchev–Trinajstić information content (AvgIpc) is 3.35. The molecule has 0 radical (unpaired) electrons. The molecule has 1 aliphatic heterocycles. The van der Waals surface area contributed by atoms with Gasteiger partial charge in [0.05, 0.1) is 0 Å². The number of hydrogen-bond donors (Lipinski definition) is 1. The van der Waals surface area contributed by atoms with Crippen molar-refractivity contribution in [2.45, 2.75) is 78.2 Å². The first-order valence-electron chi connectivity index (χ1n) is 11.7. The summed E-state index contributed by atoms with van der Waals surface area (Å²) in [6, 6.07) is 7.65. The molecule has 0 aromatic heterocycles. The van der Waals surface area contributed by atoms with Gasteiger partial charge in [0.2, 0.25) is 11.8 Å². The van der Waals surface area contributed by atoms with Crippen molar-refractivity contribution in [1.82, 2.24) is 10.2 Å². The van der Waals surface area contributed by atoms with Crippen LogP contribution in [0.3, 0.4) is 0 Å². The number of hydrogen-bond acceptors (Lipinski definition) is 2. The summed E-state index contributed by atoms with van der Waals surface area (Å²) < 4.78 is 0. The summed E-state index contributed by atoms with van der Waals surface area (Å²) in [4.78, 5) is 27.9. The van der Waals surface area contributed by atoms with Crippen molar-refractivity contribution in [3.8, 4) is 0 Å². The number of halogens is 1. The van der Waals surface area contributed by atoms with Gasteiger partial charge in [-0.3, -0.25) is 9.59 Å². The first kappa shape index (κ1) is 24.1. The van der Waals surface area contributed by atoms with Crippen molar-refractivity contribution in [3.05, 3.63) is 34.9 Å². The van der Waals surface area contributed by atoms with Crippen LogP contribution < -0.4 is 5.32 Å². The summed E-state index contributed by atoms with van der Waals surface area (Å²) in [6.45, 7) is 5.55. The molecule has 3 unspecified atom stereocenters. The zero-order valence-corrected chi connectivity index (χ0v) is 19.0. The Morgan fingerprint density at radius 2 is 1.74 bits per heavy atom. The molecular weight excluding hydrogens is 408 g/mol. The van der Waals surface area contributed by atoms with Crippen molar-refractivity contribution in [2.75, 3.05) is 13.1 Å². The Labute approximate surface area is 193 Å². The van der Waals surface area contributed by atoms with Gasteiger partial charge >= 0.3 is 0 Å². The van der Waals surface area contributed by atoms with Gasteiger partial charge in [0, 0.05) is 24.5 Å². The standard InChI is InChI=1S/C25H35ClN2O2.CH4/c1-16(2)24(27-23(29)15-21-14-17-3-4-20(21)13-17)25(30)28-11-9-19(10-12-28)18-5-7-22(26)8-6-18;/h5-8,16-17,19-21,24H,3-4,9-15H2,1-2H3,(H,27,29);1H4/t17?,20?,21?,24-;/m1./s1. The number of carbonyl (C=O) groups is 2. The Morgan fingerprint density at radius 3 is 2.29 bits per heavy atom. The third-order valence-corrected chi connectivity index (χ3v) is 7.98. The first-order valence-corrected chi connectivity index (χ1v) is 12.1. The number of nitrogens with one attached hydrogen (secondary N) is 1. The zero-order chi connectivity index (χ0) is 21.3. The summed E-state index contributed by atoms with van der Waals surface area (Å²) in [5.41, 5.74) is 1.30. The van der Waals surface area contributed by atoms with Gasteiger partial charge in [0.25, 0.3) is 0 Å². The van der Waals surface area contributed by atoms with Gasteiger partial charge in [0.1, 0.15) is 6.04 Å². The predicted octanol–water partition coefficient (Wildman–Crippen LogP) is 5.65. The number of carbonyl (C=O) groups excluding carboxylic acids is 2. The second-order valence-electron chi connectivity index (χ2n) is 10.1. The molecule has 4 rings (SSSR count). The second-order valence-corrected chi connectivity index (χ2v) is 10.5. The van der Waals surface area contributed by atoms with E-state index in [1.165, 1.54) is 31.2 Å². The summed E-state index contributed by atoms with van der Waals surface area (Å²) in [7, 11) is 0. The van der Waals surface area contributed by atoms with E-state index < -0.39 is 6.04 Å². The van der Waals surface area contributed by atoms with Crippen LogP contribution in [0.1, 0.15) is 77.7 Å². The van der Waals surface area contributed by atoms with Gasteiger partial charge in [0.15, 0.2) is 0 Å². The fourth-order valence-corrected chi connectivity index (χ4v) is 6.10. The molecule has 1 heterocycles. The van der Waals surface area contributed by atoms with Gasteiger partial charge in [-0.25, -0.2) is 0 Å². The van der Waals surface area contributed by atoms with E-state index in [1.807, 2.05) is 30.9 Å². The molecule has 5 heteroatoms. The fraction of sp³-hybridized carbons (Fsp3) is 0.692. The van der Waals surface area contributed by atoms with E-state index in [9.17, 15) is 9.59 Å². The Hall–Kier alpha value is -1.55. The highest BCUT2D eigenvalue weighted by Gasteiger charge is 2.40. The van der Waals surface area contributed by atoms with Crippen LogP contribution in [0.5, 0.6) is 0 Å². The Bertz CT molecular complexity index is 755. The fourth-order valence-electron chi connectivity index (χ4n) is 5.98. The number of benzene rings is 1. The van der Waals surface area contributed by atoms with Crippen LogP contribution in [0.25, 0.3) is 0 Å². The first-order chi connectivity index (χ1) is 14.4. The average molecular weight is 447 g/mol. The molecule has 3 fully saturated rings. The van der Waals surface area contributed by atoms with Crippen molar-refractivity contribution >= 4 is 23.4 Å². The van der Waals surface area contributed by atoms with E-state index in [2.05, 4.69) is 17.4 Å². The van der Waals surface area contributed by atoms with E-state index in [4.69, 9.17) is 11.6 Å². The van der Waals surface area contributed by atoms with Crippen molar-refractivity contribution in [1.29, 1.82) is 0 Å². The molecule has 172 valence electrons. The van der Waals surface area contributed by atoms with Crippen LogP contribution in [-0.4, -0.2) is 35.8 Å². The SMILES string of the molecule is C.CC(C)[C@@H](NC(=O)CC1CC2CCC1C2)C(=O)N1CCC(c2ccc(Cl)cc2)CC1. The Morgan fingerprint density at radius 1 is 1.06 bits per heavy atom. The van der Waals surface area contributed by atoms with Crippen LogP contribution in [0.15, 0.2) is 24.3 Å². The lowest BCUT2D eigenvalue weighted by molar-refractivity contribution is -0.138. The number of likely N-dealkylation sites (tertiary alicyclic amines) is 1. The summed E-state index contributed by atoms with van der Waals surface area (Å²) in [6.07, 6.45) is 7.66. The van der Waals surface area contributed by atoms with Crippen LogP contribution >= 0.6 is 11.6 Å². The van der Waals surface area contributed by atoms with Crippen molar-refractivity contribution < 1.29 is 9.59 Å². The molecular formula is C26H39ClN2O2. The number of piperidine rings is 1. The van der Waals surface area contributed by atoms with Crippen LogP contribution in [0.2, 0.25) is 5.02 Å². The van der Waals surface area contributed by atoms with E-state index >= 15 is 0 Å². The van der Waals surface area contributed by atoms with Gasteiger partial charge in [-0.2, -0.15) is 0 Å². The maximum absolute atomic E-state index is 13.2. The minimum absolute atomic E-state index is 0. The lowest BCUT2D eigenvalue weighted by atomic mass is 9.86. The maximum Gasteiger partial charge on any atom is 0.245 e. The van der Waals surface area contributed by atoms with Gasteiger partial charge in [-0.1, -0.05) is 51.4 Å². The monoisotopic (exact) mass is 446 g/mol.